The van der Waals surface area contributed by atoms with Crippen LogP contribution in [0.4, 0.5) is 0 Å². The van der Waals surface area contributed by atoms with E-state index in [4.69, 9.17) is 0 Å². The van der Waals surface area contributed by atoms with Gasteiger partial charge in [-0.1, -0.05) is 23.8 Å². The van der Waals surface area contributed by atoms with E-state index in [1.165, 1.54) is 0 Å². The first-order chi connectivity index (χ1) is 7.58. The summed E-state index contributed by atoms with van der Waals surface area (Å²) in [4.78, 5) is 12.1. The van der Waals surface area contributed by atoms with Crippen molar-refractivity contribution < 1.29 is 4.79 Å². The van der Waals surface area contributed by atoms with Crippen molar-refractivity contribution in [2.75, 3.05) is 0 Å². The fourth-order valence-corrected chi connectivity index (χ4v) is 1.74. The lowest BCUT2D eigenvalue weighted by Gasteiger charge is -2.03. The number of hydrogen-bond acceptors (Lipinski definition) is 2. The van der Waals surface area contributed by atoms with E-state index >= 15 is 0 Å². The van der Waals surface area contributed by atoms with Gasteiger partial charge in [-0.15, -0.1) is 0 Å². The Morgan fingerprint density at radius 2 is 2.00 bits per heavy atom. The Morgan fingerprint density at radius 3 is 2.56 bits per heavy atom. The Morgan fingerprint density at radius 1 is 1.25 bits per heavy atom. The zero-order valence-electron chi connectivity index (χ0n) is 9.69. The minimum Gasteiger partial charge on any atom is -0.287 e. The van der Waals surface area contributed by atoms with Gasteiger partial charge < -0.3 is 0 Å². The highest BCUT2D eigenvalue weighted by molar-refractivity contribution is 6.08. The molecular weight excluding hydrogens is 200 g/mol. The van der Waals surface area contributed by atoms with Crippen molar-refractivity contribution in [2.45, 2.75) is 13.8 Å². The van der Waals surface area contributed by atoms with E-state index < -0.39 is 0 Å². The molecule has 3 heteroatoms. The van der Waals surface area contributed by atoms with E-state index in [9.17, 15) is 4.79 Å². The van der Waals surface area contributed by atoms with Gasteiger partial charge in [0, 0.05) is 18.8 Å². The maximum absolute atomic E-state index is 12.1. The molecule has 2 aromatic rings. The van der Waals surface area contributed by atoms with Gasteiger partial charge in [-0.3, -0.25) is 9.48 Å². The molecule has 0 saturated heterocycles. The van der Waals surface area contributed by atoms with Crippen molar-refractivity contribution in [1.29, 1.82) is 0 Å². The molecule has 2 rings (SSSR count). The molecule has 0 aliphatic rings. The van der Waals surface area contributed by atoms with Crippen LogP contribution in [0.25, 0.3) is 0 Å². The lowest BCUT2D eigenvalue weighted by atomic mass is 10.0. The third kappa shape index (κ3) is 1.89. The lowest BCUT2D eigenvalue weighted by molar-refractivity contribution is 0.103. The summed E-state index contributed by atoms with van der Waals surface area (Å²) in [6.45, 7) is 3.96. The second-order valence-corrected chi connectivity index (χ2v) is 4.02. The fourth-order valence-electron chi connectivity index (χ4n) is 1.74. The highest BCUT2D eigenvalue weighted by Crippen LogP contribution is 2.14. The smallest absolute Gasteiger partial charge is 0.213 e. The zero-order chi connectivity index (χ0) is 11.7. The normalized spacial score (nSPS) is 10.4. The van der Waals surface area contributed by atoms with Crippen LogP contribution < -0.4 is 0 Å². The molecule has 0 saturated carbocycles. The summed E-state index contributed by atoms with van der Waals surface area (Å²) in [6, 6.07) is 7.56. The maximum atomic E-state index is 12.1. The molecule has 0 radical (unpaired) electrons. The number of benzene rings is 1. The SMILES string of the molecule is Cc1ccc(C(=O)c2ccn(C)n2)c(C)c1. The minimum absolute atomic E-state index is 0.0156. The second-order valence-electron chi connectivity index (χ2n) is 4.02. The van der Waals surface area contributed by atoms with E-state index in [0.29, 0.717) is 5.69 Å². The molecule has 0 unspecified atom stereocenters. The lowest BCUT2D eigenvalue weighted by Crippen LogP contribution is -2.05. The van der Waals surface area contributed by atoms with Crippen LogP contribution >= 0.6 is 0 Å². The third-order valence-electron chi connectivity index (χ3n) is 2.57. The first-order valence-electron chi connectivity index (χ1n) is 5.19. The number of carbonyl (C=O) groups is 1. The van der Waals surface area contributed by atoms with Gasteiger partial charge in [0.2, 0.25) is 5.78 Å². The predicted octanol–water partition coefficient (Wildman–Crippen LogP) is 2.27. The highest BCUT2D eigenvalue weighted by atomic mass is 16.1. The van der Waals surface area contributed by atoms with Crippen LogP contribution in [0.3, 0.4) is 0 Å². The van der Waals surface area contributed by atoms with Gasteiger partial charge in [-0.2, -0.15) is 5.10 Å². The third-order valence-corrected chi connectivity index (χ3v) is 2.57. The number of rotatable bonds is 2. The minimum atomic E-state index is -0.0156. The van der Waals surface area contributed by atoms with Crippen molar-refractivity contribution in [3.63, 3.8) is 0 Å². The first kappa shape index (κ1) is 10.6. The number of aromatic nitrogens is 2. The quantitative estimate of drug-likeness (QED) is 0.719. The molecule has 0 bridgehead atoms. The second kappa shape index (κ2) is 3.93. The summed E-state index contributed by atoms with van der Waals surface area (Å²) in [5.74, 6) is -0.0156. The molecule has 1 aromatic carbocycles. The van der Waals surface area contributed by atoms with Gasteiger partial charge in [0.25, 0.3) is 0 Å². The number of hydrogen-bond donors (Lipinski definition) is 0. The summed E-state index contributed by atoms with van der Waals surface area (Å²) in [5, 5.41) is 4.12. The van der Waals surface area contributed by atoms with Gasteiger partial charge >= 0.3 is 0 Å². The van der Waals surface area contributed by atoms with E-state index in [1.807, 2.05) is 32.0 Å². The first-order valence-corrected chi connectivity index (χ1v) is 5.19. The molecule has 82 valence electrons. The Kier molecular flexibility index (Phi) is 2.60. The van der Waals surface area contributed by atoms with Gasteiger partial charge in [-0.05, 0) is 25.5 Å². The topological polar surface area (TPSA) is 34.9 Å². The molecule has 0 fully saturated rings. The van der Waals surface area contributed by atoms with Crippen molar-refractivity contribution in [3.8, 4) is 0 Å². The fraction of sp³-hybridized carbons (Fsp3) is 0.231. The molecule has 0 N–H and O–H groups in total. The Bertz CT molecular complexity index is 541. The molecule has 0 spiro atoms. The van der Waals surface area contributed by atoms with Crippen LogP contribution in [0.15, 0.2) is 30.5 Å². The summed E-state index contributed by atoms with van der Waals surface area (Å²) in [5.41, 5.74) is 3.38. The van der Waals surface area contributed by atoms with E-state index in [0.717, 1.165) is 16.7 Å². The number of ketones is 1. The molecule has 16 heavy (non-hydrogen) atoms. The predicted molar refractivity (Wildman–Crippen MR) is 62.6 cm³/mol. The molecule has 3 nitrogen and oxygen atoms in total. The summed E-state index contributed by atoms with van der Waals surface area (Å²) in [6.07, 6.45) is 1.77. The summed E-state index contributed by atoms with van der Waals surface area (Å²) >= 11 is 0. The van der Waals surface area contributed by atoms with Crippen LogP contribution in [0.2, 0.25) is 0 Å². The van der Waals surface area contributed by atoms with Crippen molar-refractivity contribution >= 4 is 5.78 Å². The molecule has 0 aliphatic heterocycles. The van der Waals surface area contributed by atoms with Crippen LogP contribution in [-0.2, 0) is 7.05 Å². The highest BCUT2D eigenvalue weighted by Gasteiger charge is 2.13. The van der Waals surface area contributed by atoms with Crippen LogP contribution in [0.1, 0.15) is 27.2 Å². The van der Waals surface area contributed by atoms with Gasteiger partial charge in [0.15, 0.2) is 0 Å². The number of carbonyl (C=O) groups excluding carboxylic acids is 1. The average molecular weight is 214 g/mol. The summed E-state index contributed by atoms with van der Waals surface area (Å²) in [7, 11) is 1.80. The van der Waals surface area contributed by atoms with Gasteiger partial charge in [-0.25, -0.2) is 0 Å². The molecular formula is C13H14N2O. The van der Waals surface area contributed by atoms with Crippen molar-refractivity contribution in [1.82, 2.24) is 9.78 Å². The molecule has 1 heterocycles. The average Bonchev–Trinajstić information content (AvgIpc) is 2.64. The monoisotopic (exact) mass is 214 g/mol. The van der Waals surface area contributed by atoms with Crippen LogP contribution in [0, 0.1) is 13.8 Å². The van der Waals surface area contributed by atoms with Crippen LogP contribution in [0.5, 0.6) is 0 Å². The van der Waals surface area contributed by atoms with E-state index in [-0.39, 0.29) is 5.78 Å². The Hall–Kier alpha value is -1.90. The molecule has 0 aliphatic carbocycles. The molecule has 0 amide bonds. The van der Waals surface area contributed by atoms with Crippen molar-refractivity contribution in [3.05, 3.63) is 52.8 Å². The summed E-state index contributed by atoms with van der Waals surface area (Å²) < 4.78 is 1.64. The number of aryl methyl sites for hydroxylation is 3. The van der Waals surface area contributed by atoms with Crippen molar-refractivity contribution in [2.24, 2.45) is 7.05 Å². The Balaban J connectivity index is 2.41. The molecule has 1 aromatic heterocycles. The van der Waals surface area contributed by atoms with Gasteiger partial charge in [0.05, 0.1) is 0 Å². The van der Waals surface area contributed by atoms with E-state index in [1.54, 1.807) is 24.0 Å². The number of nitrogens with zero attached hydrogens (tertiary/aromatic N) is 2. The maximum Gasteiger partial charge on any atom is 0.213 e. The van der Waals surface area contributed by atoms with E-state index in [2.05, 4.69) is 5.10 Å². The standard InChI is InChI=1S/C13H14N2O/c1-9-4-5-11(10(2)8-9)13(16)12-6-7-15(3)14-12/h4-8H,1-3H3. The van der Waals surface area contributed by atoms with Gasteiger partial charge in [0.1, 0.15) is 5.69 Å². The largest absolute Gasteiger partial charge is 0.287 e. The zero-order valence-corrected chi connectivity index (χ0v) is 9.69. The Labute approximate surface area is 94.7 Å². The molecule has 0 atom stereocenters. The van der Waals surface area contributed by atoms with Crippen LogP contribution in [-0.4, -0.2) is 15.6 Å².